The van der Waals surface area contributed by atoms with Gasteiger partial charge in [0.1, 0.15) is 5.65 Å². The Balaban J connectivity index is 1.58. The van der Waals surface area contributed by atoms with Crippen LogP contribution in [-0.4, -0.2) is 27.8 Å². The monoisotopic (exact) mass is 285 g/mol. The molecule has 1 saturated heterocycles. The van der Waals surface area contributed by atoms with Crippen molar-refractivity contribution in [3.8, 4) is 0 Å². The number of nitrogens with one attached hydrogen (secondary N) is 1. The molecule has 2 aliphatic rings. The number of aromatic nitrogens is 2. The zero-order chi connectivity index (χ0) is 14.2. The average Bonchev–Trinajstić information content (AvgIpc) is 3.15. The average molecular weight is 285 g/mol. The van der Waals surface area contributed by atoms with E-state index in [1.165, 1.54) is 30.2 Å². The van der Waals surface area contributed by atoms with Crippen molar-refractivity contribution in [2.75, 3.05) is 0 Å². The van der Waals surface area contributed by atoms with E-state index in [-0.39, 0.29) is 0 Å². The Kier molecular flexibility index (Phi) is 3.43. The van der Waals surface area contributed by atoms with Crippen LogP contribution in [0.25, 0.3) is 11.0 Å². The summed E-state index contributed by atoms with van der Waals surface area (Å²) < 4.78 is 8.25. The van der Waals surface area contributed by atoms with Gasteiger partial charge in [0.25, 0.3) is 0 Å². The first-order valence-corrected chi connectivity index (χ1v) is 8.11. The summed E-state index contributed by atoms with van der Waals surface area (Å²) in [6.45, 7) is 4.03. The van der Waals surface area contributed by atoms with Crippen LogP contribution in [0.15, 0.2) is 24.5 Å². The molecule has 1 saturated carbocycles. The summed E-state index contributed by atoms with van der Waals surface area (Å²) in [6, 6.07) is 4.95. The zero-order valence-corrected chi connectivity index (χ0v) is 12.6. The van der Waals surface area contributed by atoms with Gasteiger partial charge in [-0.25, -0.2) is 4.98 Å². The smallest absolute Gasteiger partial charge is 0.140 e. The van der Waals surface area contributed by atoms with Crippen LogP contribution in [0.3, 0.4) is 0 Å². The highest BCUT2D eigenvalue weighted by atomic mass is 16.5. The van der Waals surface area contributed by atoms with E-state index in [2.05, 4.69) is 34.1 Å². The van der Waals surface area contributed by atoms with E-state index in [1.54, 1.807) is 0 Å². The molecule has 0 radical (unpaired) electrons. The highest BCUT2D eigenvalue weighted by Gasteiger charge is 2.24. The minimum Gasteiger partial charge on any atom is -0.373 e. The third-order valence-electron chi connectivity index (χ3n) is 4.60. The minimum absolute atomic E-state index is 0.335. The predicted molar refractivity (Wildman–Crippen MR) is 83.2 cm³/mol. The van der Waals surface area contributed by atoms with Crippen molar-refractivity contribution >= 4 is 11.0 Å². The van der Waals surface area contributed by atoms with E-state index in [1.807, 2.05) is 12.3 Å². The highest BCUT2D eigenvalue weighted by Crippen LogP contribution is 2.26. The Morgan fingerprint density at radius 3 is 3.00 bits per heavy atom. The number of hydrogen-bond acceptors (Lipinski definition) is 3. The molecule has 2 atom stereocenters. The fourth-order valence-electron chi connectivity index (χ4n) is 3.26. The summed E-state index contributed by atoms with van der Waals surface area (Å²) in [6.07, 6.45) is 9.86. The van der Waals surface area contributed by atoms with Gasteiger partial charge in [-0.2, -0.15) is 0 Å². The molecule has 2 aromatic rings. The quantitative estimate of drug-likeness (QED) is 0.918. The third-order valence-corrected chi connectivity index (χ3v) is 4.60. The van der Waals surface area contributed by atoms with Crippen molar-refractivity contribution in [3.63, 3.8) is 0 Å². The maximum Gasteiger partial charge on any atom is 0.140 e. The van der Waals surface area contributed by atoms with Crippen molar-refractivity contribution in [2.24, 2.45) is 0 Å². The molecule has 2 aromatic heterocycles. The molecule has 0 aromatic carbocycles. The first-order valence-electron chi connectivity index (χ1n) is 8.11. The molecule has 4 rings (SSSR count). The largest absolute Gasteiger partial charge is 0.373 e. The lowest BCUT2D eigenvalue weighted by Crippen LogP contribution is -2.16. The lowest BCUT2D eigenvalue weighted by molar-refractivity contribution is 0.0464. The third kappa shape index (κ3) is 2.83. The van der Waals surface area contributed by atoms with Crippen LogP contribution in [0.5, 0.6) is 0 Å². The van der Waals surface area contributed by atoms with Gasteiger partial charge in [-0.1, -0.05) is 0 Å². The van der Waals surface area contributed by atoms with Crippen LogP contribution >= 0.6 is 0 Å². The maximum atomic E-state index is 5.97. The molecule has 0 bridgehead atoms. The molecular formula is C17H23N3O. The van der Waals surface area contributed by atoms with Gasteiger partial charge in [-0.3, -0.25) is 0 Å². The number of nitrogens with zero attached hydrogens (tertiary/aromatic N) is 2. The summed E-state index contributed by atoms with van der Waals surface area (Å²) >= 11 is 0. The molecule has 0 spiro atoms. The standard InChI is InChI=1S/C17H23N3O/c1-12-4-7-15(21-12)11-20-10-13(9-19-14-5-6-14)16-3-2-8-18-17(16)20/h2-3,8,10,12,14-15,19H,4-7,9,11H2,1H3. The molecule has 1 N–H and O–H groups in total. The second-order valence-electron chi connectivity index (χ2n) is 6.48. The Morgan fingerprint density at radius 1 is 1.33 bits per heavy atom. The Labute approximate surface area is 125 Å². The predicted octanol–water partition coefficient (Wildman–Crippen LogP) is 2.86. The molecule has 4 heteroatoms. The first kappa shape index (κ1) is 13.3. The normalized spacial score (nSPS) is 25.8. The number of pyridine rings is 1. The highest BCUT2D eigenvalue weighted by molar-refractivity contribution is 5.80. The maximum absolute atomic E-state index is 5.97. The van der Waals surface area contributed by atoms with Crippen LogP contribution < -0.4 is 5.32 Å². The number of ether oxygens (including phenoxy) is 1. The van der Waals surface area contributed by atoms with Gasteiger partial charge in [0.15, 0.2) is 0 Å². The fourth-order valence-corrected chi connectivity index (χ4v) is 3.26. The molecule has 0 amide bonds. The van der Waals surface area contributed by atoms with Crippen LogP contribution in [-0.2, 0) is 17.8 Å². The van der Waals surface area contributed by atoms with Crippen molar-refractivity contribution < 1.29 is 4.74 Å². The van der Waals surface area contributed by atoms with Gasteiger partial charge in [-0.05, 0) is 50.3 Å². The van der Waals surface area contributed by atoms with Crippen LogP contribution in [0.2, 0.25) is 0 Å². The van der Waals surface area contributed by atoms with Crippen LogP contribution in [0, 0.1) is 0 Å². The minimum atomic E-state index is 0.335. The van der Waals surface area contributed by atoms with Gasteiger partial charge in [0.05, 0.1) is 18.8 Å². The first-order chi connectivity index (χ1) is 10.3. The van der Waals surface area contributed by atoms with Gasteiger partial charge >= 0.3 is 0 Å². The molecule has 112 valence electrons. The van der Waals surface area contributed by atoms with Gasteiger partial charge in [-0.15, -0.1) is 0 Å². The second kappa shape index (κ2) is 5.43. The fraction of sp³-hybridized carbons (Fsp3) is 0.588. The lowest BCUT2D eigenvalue weighted by Gasteiger charge is -2.12. The number of hydrogen-bond donors (Lipinski definition) is 1. The van der Waals surface area contributed by atoms with Crippen LogP contribution in [0.1, 0.15) is 38.2 Å². The van der Waals surface area contributed by atoms with E-state index in [9.17, 15) is 0 Å². The van der Waals surface area contributed by atoms with Gasteiger partial charge < -0.3 is 14.6 Å². The van der Waals surface area contributed by atoms with Crippen molar-refractivity contribution in [2.45, 2.75) is 63.9 Å². The molecule has 21 heavy (non-hydrogen) atoms. The Hall–Kier alpha value is -1.39. The zero-order valence-electron chi connectivity index (χ0n) is 12.6. The van der Waals surface area contributed by atoms with Crippen LogP contribution in [0.4, 0.5) is 0 Å². The molecule has 2 fully saturated rings. The van der Waals surface area contributed by atoms with Crippen molar-refractivity contribution in [3.05, 3.63) is 30.1 Å². The SMILES string of the molecule is CC1CCC(Cn2cc(CNC3CC3)c3cccnc32)O1. The summed E-state index contributed by atoms with van der Waals surface area (Å²) in [7, 11) is 0. The van der Waals surface area contributed by atoms with E-state index in [4.69, 9.17) is 4.74 Å². The van der Waals surface area contributed by atoms with E-state index >= 15 is 0 Å². The molecule has 4 nitrogen and oxygen atoms in total. The van der Waals surface area contributed by atoms with E-state index in [0.29, 0.717) is 12.2 Å². The second-order valence-corrected chi connectivity index (χ2v) is 6.48. The molecular weight excluding hydrogens is 262 g/mol. The lowest BCUT2D eigenvalue weighted by atomic mass is 10.2. The molecule has 1 aliphatic carbocycles. The number of fused-ring (bicyclic) bond motifs is 1. The Bertz CT molecular complexity index is 632. The van der Waals surface area contributed by atoms with Gasteiger partial charge in [0.2, 0.25) is 0 Å². The molecule has 3 heterocycles. The Morgan fingerprint density at radius 2 is 2.24 bits per heavy atom. The summed E-state index contributed by atoms with van der Waals surface area (Å²) in [5.74, 6) is 0. The molecule has 1 aliphatic heterocycles. The summed E-state index contributed by atoms with van der Waals surface area (Å²) in [4.78, 5) is 4.59. The summed E-state index contributed by atoms with van der Waals surface area (Å²) in [5.41, 5.74) is 2.45. The number of rotatable bonds is 5. The topological polar surface area (TPSA) is 39.1 Å². The van der Waals surface area contributed by atoms with Gasteiger partial charge in [0, 0.05) is 30.4 Å². The summed E-state index contributed by atoms with van der Waals surface area (Å²) in [5, 5.41) is 4.88. The van der Waals surface area contributed by atoms with Crippen molar-refractivity contribution in [1.29, 1.82) is 0 Å². The van der Waals surface area contributed by atoms with E-state index in [0.717, 1.165) is 31.2 Å². The van der Waals surface area contributed by atoms with E-state index < -0.39 is 0 Å². The van der Waals surface area contributed by atoms with Crippen molar-refractivity contribution in [1.82, 2.24) is 14.9 Å². The molecule has 2 unspecified atom stereocenters.